The molecule has 0 bridgehead atoms. The number of hydrogen-bond donors (Lipinski definition) is 1. The molecule has 0 spiro atoms. The van der Waals surface area contributed by atoms with Crippen LogP contribution >= 0.6 is 11.8 Å². The molecule has 0 aromatic heterocycles. The van der Waals surface area contributed by atoms with Crippen LogP contribution in [0.3, 0.4) is 0 Å². The normalized spacial score (nSPS) is 12.4. The van der Waals surface area contributed by atoms with Gasteiger partial charge in [0.25, 0.3) is 5.91 Å². The summed E-state index contributed by atoms with van der Waals surface area (Å²) in [6, 6.07) is 17.5. The van der Waals surface area contributed by atoms with Crippen LogP contribution in [0.25, 0.3) is 0 Å². The fraction of sp³-hybridized carbons (Fsp3) is 0.0870. The fourth-order valence-electron chi connectivity index (χ4n) is 3.47. The Morgan fingerprint density at radius 2 is 1.57 bits per heavy atom. The van der Waals surface area contributed by atoms with Gasteiger partial charge >= 0.3 is 0 Å². The minimum atomic E-state index is -0.308. The Hall–Kier alpha value is -3.18. The van der Waals surface area contributed by atoms with Crippen LogP contribution in [0.1, 0.15) is 47.8 Å². The van der Waals surface area contributed by atoms with Crippen LogP contribution in [0.4, 0.5) is 5.69 Å². The van der Waals surface area contributed by atoms with Crippen molar-refractivity contribution in [1.29, 1.82) is 0 Å². The maximum Gasteiger partial charge on any atom is 0.256 e. The highest BCUT2D eigenvalue weighted by molar-refractivity contribution is 7.98. The lowest BCUT2D eigenvalue weighted by atomic mass is 9.83. The molecule has 1 N–H and O–H groups in total. The van der Waals surface area contributed by atoms with Gasteiger partial charge < -0.3 is 5.32 Å². The SMILES string of the molecule is CSc1c(C(=O)Nc2cccc(C)c2)ccc2c1C(=O)c1ccccc1C2=O. The first kappa shape index (κ1) is 18.2. The van der Waals surface area contributed by atoms with Gasteiger partial charge in [0.05, 0.1) is 5.56 Å². The van der Waals surface area contributed by atoms with Gasteiger partial charge in [-0.1, -0.05) is 36.4 Å². The van der Waals surface area contributed by atoms with Crippen molar-refractivity contribution in [2.75, 3.05) is 11.6 Å². The summed E-state index contributed by atoms with van der Waals surface area (Å²) in [5.41, 5.74) is 3.55. The quantitative estimate of drug-likeness (QED) is 0.516. The van der Waals surface area contributed by atoms with Gasteiger partial charge in [0.1, 0.15) is 0 Å². The zero-order valence-corrected chi connectivity index (χ0v) is 16.2. The molecule has 1 aliphatic carbocycles. The van der Waals surface area contributed by atoms with Gasteiger partial charge in [-0.15, -0.1) is 11.8 Å². The summed E-state index contributed by atoms with van der Waals surface area (Å²) >= 11 is 1.30. The van der Waals surface area contributed by atoms with Crippen LogP contribution in [0, 0.1) is 6.92 Å². The van der Waals surface area contributed by atoms with E-state index < -0.39 is 0 Å². The summed E-state index contributed by atoms with van der Waals surface area (Å²) in [7, 11) is 0. The highest BCUT2D eigenvalue weighted by atomic mass is 32.2. The highest BCUT2D eigenvalue weighted by Crippen LogP contribution is 2.35. The average Bonchev–Trinajstić information content (AvgIpc) is 2.71. The number of benzene rings is 3. The number of amides is 1. The minimum absolute atomic E-state index is 0.189. The largest absolute Gasteiger partial charge is 0.322 e. The van der Waals surface area contributed by atoms with E-state index >= 15 is 0 Å². The van der Waals surface area contributed by atoms with E-state index in [2.05, 4.69) is 5.32 Å². The molecule has 28 heavy (non-hydrogen) atoms. The monoisotopic (exact) mass is 387 g/mol. The van der Waals surface area contributed by atoms with Crippen molar-refractivity contribution in [3.63, 3.8) is 0 Å². The lowest BCUT2D eigenvalue weighted by molar-refractivity contribution is 0.0975. The topological polar surface area (TPSA) is 63.2 Å². The van der Waals surface area contributed by atoms with E-state index in [9.17, 15) is 14.4 Å². The van der Waals surface area contributed by atoms with Gasteiger partial charge in [-0.3, -0.25) is 14.4 Å². The van der Waals surface area contributed by atoms with Crippen LogP contribution in [0.2, 0.25) is 0 Å². The van der Waals surface area contributed by atoms with Crippen LogP contribution in [-0.4, -0.2) is 23.7 Å². The van der Waals surface area contributed by atoms with E-state index in [-0.39, 0.29) is 17.5 Å². The molecule has 0 unspecified atom stereocenters. The Bertz CT molecular complexity index is 1150. The van der Waals surface area contributed by atoms with Crippen molar-refractivity contribution in [2.45, 2.75) is 11.8 Å². The summed E-state index contributed by atoms with van der Waals surface area (Å²) in [6.07, 6.45) is 1.80. The van der Waals surface area contributed by atoms with Crippen molar-refractivity contribution in [1.82, 2.24) is 0 Å². The first-order valence-electron chi connectivity index (χ1n) is 8.78. The van der Waals surface area contributed by atoms with Crippen molar-refractivity contribution in [3.8, 4) is 0 Å². The molecule has 4 nitrogen and oxygen atoms in total. The molecule has 3 aromatic rings. The molecule has 5 heteroatoms. The van der Waals surface area contributed by atoms with E-state index in [1.165, 1.54) is 11.8 Å². The van der Waals surface area contributed by atoms with Crippen LogP contribution in [-0.2, 0) is 0 Å². The number of aryl methyl sites for hydroxylation is 1. The molecule has 138 valence electrons. The summed E-state index contributed by atoms with van der Waals surface area (Å²) in [4.78, 5) is 39.4. The summed E-state index contributed by atoms with van der Waals surface area (Å²) < 4.78 is 0. The van der Waals surface area contributed by atoms with Gasteiger partial charge in [0.15, 0.2) is 11.6 Å². The molecule has 0 saturated carbocycles. The summed E-state index contributed by atoms with van der Waals surface area (Å²) in [5.74, 6) is -0.720. The lowest BCUT2D eigenvalue weighted by Crippen LogP contribution is -2.24. The number of fused-ring (bicyclic) bond motifs is 2. The van der Waals surface area contributed by atoms with E-state index in [1.54, 1.807) is 42.7 Å². The molecule has 0 aliphatic heterocycles. The molecular weight excluding hydrogens is 370 g/mol. The predicted octanol–water partition coefficient (Wildman–Crippen LogP) is 4.74. The van der Waals surface area contributed by atoms with Gasteiger partial charge in [0.2, 0.25) is 0 Å². The molecule has 0 atom stereocenters. The Labute approximate surface area is 167 Å². The zero-order chi connectivity index (χ0) is 19.8. The van der Waals surface area contributed by atoms with Crippen molar-refractivity contribution in [3.05, 3.63) is 94.0 Å². The summed E-state index contributed by atoms with van der Waals surface area (Å²) in [6.45, 7) is 1.95. The lowest BCUT2D eigenvalue weighted by Gasteiger charge is -2.21. The number of nitrogens with one attached hydrogen (secondary N) is 1. The minimum Gasteiger partial charge on any atom is -0.322 e. The maximum atomic E-state index is 13.1. The number of thioether (sulfide) groups is 1. The smallest absolute Gasteiger partial charge is 0.256 e. The van der Waals surface area contributed by atoms with Crippen molar-refractivity contribution >= 4 is 34.9 Å². The number of carbonyl (C=O) groups excluding carboxylic acids is 3. The third-order valence-corrected chi connectivity index (χ3v) is 5.60. The van der Waals surface area contributed by atoms with E-state index in [4.69, 9.17) is 0 Å². The molecule has 0 heterocycles. The predicted molar refractivity (Wildman–Crippen MR) is 111 cm³/mol. The second kappa shape index (κ2) is 7.09. The highest BCUT2D eigenvalue weighted by Gasteiger charge is 2.33. The van der Waals surface area contributed by atoms with Gasteiger partial charge in [-0.05, 0) is 43.0 Å². The van der Waals surface area contributed by atoms with Crippen molar-refractivity contribution < 1.29 is 14.4 Å². The van der Waals surface area contributed by atoms with Gasteiger partial charge in [-0.2, -0.15) is 0 Å². The Morgan fingerprint density at radius 3 is 2.25 bits per heavy atom. The first-order valence-corrected chi connectivity index (χ1v) is 10.0. The third-order valence-electron chi connectivity index (χ3n) is 4.77. The average molecular weight is 387 g/mol. The summed E-state index contributed by atoms with van der Waals surface area (Å²) in [5, 5.41) is 2.88. The van der Waals surface area contributed by atoms with Gasteiger partial charge in [-0.25, -0.2) is 0 Å². The van der Waals surface area contributed by atoms with Crippen LogP contribution < -0.4 is 5.32 Å². The molecule has 1 aliphatic rings. The molecule has 1 amide bonds. The Balaban J connectivity index is 1.80. The number of ketones is 2. The molecular formula is C23H17NO3S. The number of carbonyl (C=O) groups is 3. The van der Waals surface area contributed by atoms with E-state index in [1.807, 2.05) is 31.2 Å². The molecule has 4 rings (SSSR count). The first-order chi connectivity index (χ1) is 13.5. The third kappa shape index (κ3) is 2.94. The Morgan fingerprint density at radius 1 is 0.857 bits per heavy atom. The zero-order valence-electron chi connectivity index (χ0n) is 15.4. The maximum absolute atomic E-state index is 13.1. The van der Waals surface area contributed by atoms with E-state index in [0.717, 1.165) is 5.56 Å². The van der Waals surface area contributed by atoms with Crippen LogP contribution in [0.5, 0.6) is 0 Å². The molecule has 3 aromatic carbocycles. The molecule has 0 radical (unpaired) electrons. The second-order valence-electron chi connectivity index (χ2n) is 6.60. The van der Waals surface area contributed by atoms with E-state index in [0.29, 0.717) is 38.4 Å². The van der Waals surface area contributed by atoms with Gasteiger partial charge in [0, 0.05) is 32.8 Å². The fourth-order valence-corrected chi connectivity index (χ4v) is 4.26. The molecule has 0 fully saturated rings. The number of rotatable bonds is 3. The standard InChI is InChI=1S/C23H17NO3S/c1-13-6-5-7-14(12-13)24-23(27)18-11-10-17-19(22(18)28-2)21(26)16-9-4-3-8-15(16)20(17)25/h3-12H,1-2H3,(H,24,27). The number of hydrogen-bond acceptors (Lipinski definition) is 4. The van der Waals surface area contributed by atoms with Crippen molar-refractivity contribution in [2.24, 2.45) is 0 Å². The second-order valence-corrected chi connectivity index (χ2v) is 7.41. The number of anilines is 1. The van der Waals surface area contributed by atoms with Crippen LogP contribution in [0.15, 0.2) is 65.6 Å². The molecule has 0 saturated heterocycles. The Kier molecular flexibility index (Phi) is 4.61.